The predicted octanol–water partition coefficient (Wildman–Crippen LogP) is 0.617. The fraction of sp³-hybridized carbons (Fsp3) is 0.727. The van der Waals surface area contributed by atoms with Crippen molar-refractivity contribution < 1.29 is 8.42 Å². The second-order valence-corrected chi connectivity index (χ2v) is 5.88. The second-order valence-electron chi connectivity index (χ2n) is 4.22. The molecule has 1 heterocycles. The molecule has 0 saturated carbocycles. The number of rotatable bonds is 7. The topological polar surface area (TPSA) is 90.0 Å². The van der Waals surface area contributed by atoms with E-state index in [9.17, 15) is 8.42 Å². The Balaban J connectivity index is 2.91. The van der Waals surface area contributed by atoms with Gasteiger partial charge < -0.3 is 10.3 Å². The van der Waals surface area contributed by atoms with Crippen LogP contribution in [0.1, 0.15) is 32.5 Å². The first-order valence-corrected chi connectivity index (χ1v) is 7.69. The molecule has 1 rings (SSSR count). The summed E-state index contributed by atoms with van der Waals surface area (Å²) in [5, 5.41) is 0.0809. The first-order valence-electron chi connectivity index (χ1n) is 6.20. The molecular formula is C11H22N4O2S. The quantitative estimate of drug-likeness (QED) is 0.762. The third-order valence-corrected chi connectivity index (χ3v) is 4.29. The minimum atomic E-state index is -3.54. The van der Waals surface area contributed by atoms with Gasteiger partial charge in [-0.15, -0.1) is 0 Å². The van der Waals surface area contributed by atoms with Gasteiger partial charge in [0.1, 0.15) is 5.82 Å². The minimum Gasteiger partial charge on any atom is -0.334 e. The summed E-state index contributed by atoms with van der Waals surface area (Å²) < 4.78 is 28.7. The Morgan fingerprint density at radius 1 is 1.50 bits per heavy atom. The smallest absolute Gasteiger partial charge is 0.259 e. The summed E-state index contributed by atoms with van der Waals surface area (Å²) in [5.41, 5.74) is 5.46. The minimum absolute atomic E-state index is 0.0809. The Kier molecular flexibility index (Phi) is 5.30. The van der Waals surface area contributed by atoms with Crippen molar-refractivity contribution in [1.29, 1.82) is 0 Å². The number of aromatic nitrogens is 2. The molecule has 1 aromatic rings. The number of aryl methyl sites for hydroxylation is 2. The van der Waals surface area contributed by atoms with Gasteiger partial charge in [0.2, 0.25) is 0 Å². The van der Waals surface area contributed by atoms with Gasteiger partial charge in [0.25, 0.3) is 10.0 Å². The van der Waals surface area contributed by atoms with Crippen molar-refractivity contribution in [2.24, 2.45) is 5.73 Å². The molecule has 0 aliphatic heterocycles. The maximum atomic E-state index is 12.1. The zero-order chi connectivity index (χ0) is 13.8. The van der Waals surface area contributed by atoms with E-state index < -0.39 is 10.0 Å². The summed E-state index contributed by atoms with van der Waals surface area (Å²) in [5.74, 6) is 0.699. The third kappa shape index (κ3) is 3.54. The highest BCUT2D eigenvalue weighted by Crippen LogP contribution is 2.11. The lowest BCUT2D eigenvalue weighted by molar-refractivity contribution is 0.519. The van der Waals surface area contributed by atoms with Crippen molar-refractivity contribution >= 4 is 10.0 Å². The number of nitrogens with one attached hydrogen (secondary N) is 1. The van der Waals surface area contributed by atoms with E-state index in [1.807, 2.05) is 13.8 Å². The van der Waals surface area contributed by atoms with Crippen LogP contribution in [0.4, 0.5) is 0 Å². The van der Waals surface area contributed by atoms with Gasteiger partial charge in [-0.3, -0.25) is 0 Å². The van der Waals surface area contributed by atoms with E-state index in [1.54, 1.807) is 17.7 Å². The maximum absolute atomic E-state index is 12.1. The molecule has 6 nitrogen and oxygen atoms in total. The molecule has 18 heavy (non-hydrogen) atoms. The molecule has 1 atom stereocenters. The molecule has 0 spiro atoms. The average molecular weight is 274 g/mol. The molecule has 0 radical (unpaired) electrons. The van der Waals surface area contributed by atoms with E-state index >= 15 is 0 Å². The molecular weight excluding hydrogens is 252 g/mol. The first kappa shape index (κ1) is 15.1. The largest absolute Gasteiger partial charge is 0.334 e. The molecule has 0 amide bonds. The fourth-order valence-corrected chi connectivity index (χ4v) is 3.12. The first-order chi connectivity index (χ1) is 8.44. The standard InChI is InChI=1S/C11H22N4O2S/c1-4-10(6-7-12)14-18(16,17)11-8-15(5-2)9(3)13-11/h8,10,14H,4-7,12H2,1-3H3. The van der Waals surface area contributed by atoms with Gasteiger partial charge in [-0.25, -0.2) is 18.1 Å². The SMILES string of the molecule is CCC(CCN)NS(=O)(=O)c1cn(CC)c(C)n1. The van der Waals surface area contributed by atoms with Crippen LogP contribution in [-0.2, 0) is 16.6 Å². The van der Waals surface area contributed by atoms with Gasteiger partial charge in [-0.1, -0.05) is 6.92 Å². The molecule has 0 aromatic carbocycles. The molecule has 7 heteroatoms. The number of nitrogens with zero attached hydrogens (tertiary/aromatic N) is 2. The highest BCUT2D eigenvalue weighted by atomic mass is 32.2. The Morgan fingerprint density at radius 2 is 2.17 bits per heavy atom. The van der Waals surface area contributed by atoms with Crippen molar-refractivity contribution in [2.45, 2.75) is 51.2 Å². The lowest BCUT2D eigenvalue weighted by atomic mass is 10.2. The predicted molar refractivity (Wildman–Crippen MR) is 70.7 cm³/mol. The van der Waals surface area contributed by atoms with Crippen molar-refractivity contribution in [1.82, 2.24) is 14.3 Å². The van der Waals surface area contributed by atoms with Gasteiger partial charge in [0, 0.05) is 18.8 Å². The van der Waals surface area contributed by atoms with Crippen LogP contribution >= 0.6 is 0 Å². The van der Waals surface area contributed by atoms with Gasteiger partial charge in [0.15, 0.2) is 5.03 Å². The van der Waals surface area contributed by atoms with Crippen LogP contribution in [0.3, 0.4) is 0 Å². The molecule has 0 fully saturated rings. The van der Waals surface area contributed by atoms with Gasteiger partial charge in [0.05, 0.1) is 0 Å². The molecule has 0 saturated heterocycles. The zero-order valence-corrected chi connectivity index (χ0v) is 12.0. The molecule has 0 bridgehead atoms. The van der Waals surface area contributed by atoms with E-state index in [0.29, 0.717) is 31.8 Å². The van der Waals surface area contributed by atoms with Crippen LogP contribution in [0.25, 0.3) is 0 Å². The monoisotopic (exact) mass is 274 g/mol. The summed E-state index contributed by atoms with van der Waals surface area (Å²) in [6.07, 6.45) is 2.90. The number of nitrogens with two attached hydrogens (primary N) is 1. The Morgan fingerprint density at radius 3 is 2.61 bits per heavy atom. The molecule has 1 aromatic heterocycles. The summed E-state index contributed by atoms with van der Waals surface area (Å²) in [6, 6.07) is -0.132. The second kappa shape index (κ2) is 6.31. The van der Waals surface area contributed by atoms with Crippen LogP contribution in [-0.4, -0.2) is 30.6 Å². The normalized spacial score (nSPS) is 13.8. The van der Waals surface area contributed by atoms with E-state index in [0.717, 1.165) is 0 Å². The van der Waals surface area contributed by atoms with Crippen LogP contribution in [0.15, 0.2) is 11.2 Å². The lowest BCUT2D eigenvalue weighted by Gasteiger charge is -2.14. The van der Waals surface area contributed by atoms with Crippen molar-refractivity contribution in [2.75, 3.05) is 6.54 Å². The van der Waals surface area contributed by atoms with Crippen LogP contribution in [0, 0.1) is 6.92 Å². The van der Waals surface area contributed by atoms with Gasteiger partial charge in [-0.05, 0) is 33.2 Å². The third-order valence-electron chi connectivity index (χ3n) is 2.90. The van der Waals surface area contributed by atoms with Crippen molar-refractivity contribution in [3.8, 4) is 0 Å². The Bertz CT molecular complexity index is 481. The van der Waals surface area contributed by atoms with E-state index in [2.05, 4.69) is 9.71 Å². The van der Waals surface area contributed by atoms with Gasteiger partial charge >= 0.3 is 0 Å². The van der Waals surface area contributed by atoms with E-state index in [1.165, 1.54) is 0 Å². The van der Waals surface area contributed by atoms with Crippen LogP contribution < -0.4 is 10.5 Å². The molecule has 0 aliphatic carbocycles. The number of hydrogen-bond acceptors (Lipinski definition) is 4. The van der Waals surface area contributed by atoms with Gasteiger partial charge in [-0.2, -0.15) is 0 Å². The maximum Gasteiger partial charge on any atom is 0.259 e. The number of sulfonamides is 1. The van der Waals surface area contributed by atoms with Crippen molar-refractivity contribution in [3.05, 3.63) is 12.0 Å². The summed E-state index contributed by atoms with van der Waals surface area (Å²) in [7, 11) is -3.54. The molecule has 3 N–H and O–H groups in total. The van der Waals surface area contributed by atoms with E-state index in [-0.39, 0.29) is 11.1 Å². The Hall–Kier alpha value is -0.920. The van der Waals surface area contributed by atoms with Crippen LogP contribution in [0.2, 0.25) is 0 Å². The summed E-state index contributed by atoms with van der Waals surface area (Å²) in [4.78, 5) is 4.08. The zero-order valence-electron chi connectivity index (χ0n) is 11.2. The number of imidazole rings is 1. The number of hydrogen-bond donors (Lipinski definition) is 2. The van der Waals surface area contributed by atoms with Crippen LogP contribution in [0.5, 0.6) is 0 Å². The van der Waals surface area contributed by atoms with Crippen molar-refractivity contribution in [3.63, 3.8) is 0 Å². The summed E-state index contributed by atoms with van der Waals surface area (Å²) in [6.45, 7) is 6.83. The average Bonchev–Trinajstić information content (AvgIpc) is 2.70. The molecule has 0 aliphatic rings. The highest BCUT2D eigenvalue weighted by Gasteiger charge is 2.22. The highest BCUT2D eigenvalue weighted by molar-refractivity contribution is 7.89. The molecule has 1 unspecified atom stereocenters. The fourth-order valence-electron chi connectivity index (χ4n) is 1.76. The summed E-state index contributed by atoms with van der Waals surface area (Å²) >= 11 is 0. The Labute approximate surface area is 109 Å². The van der Waals surface area contributed by atoms with E-state index in [4.69, 9.17) is 5.73 Å². The lowest BCUT2D eigenvalue weighted by Crippen LogP contribution is -2.36. The molecule has 104 valence electrons.